The lowest BCUT2D eigenvalue weighted by Crippen LogP contribution is -1.98. The summed E-state index contributed by atoms with van der Waals surface area (Å²) in [5, 5.41) is 1.01. The van der Waals surface area contributed by atoms with E-state index in [0.29, 0.717) is 0 Å². The molecule has 1 aromatic carbocycles. The van der Waals surface area contributed by atoms with E-state index < -0.39 is 0 Å². The molecule has 0 saturated carbocycles. The van der Waals surface area contributed by atoms with Gasteiger partial charge in [-0.3, -0.25) is 0 Å². The van der Waals surface area contributed by atoms with Crippen LogP contribution in [0.3, 0.4) is 0 Å². The van der Waals surface area contributed by atoms with E-state index in [4.69, 9.17) is 9.47 Å². The molecule has 0 aromatic heterocycles. The summed E-state index contributed by atoms with van der Waals surface area (Å²) in [5.41, 5.74) is 0. The number of hydrogen-bond donors (Lipinski definition) is 0. The van der Waals surface area contributed by atoms with E-state index in [1.807, 2.05) is 18.2 Å². The van der Waals surface area contributed by atoms with Crippen LogP contribution in [0.25, 0.3) is 0 Å². The Bertz CT molecular complexity index is 248. The summed E-state index contributed by atoms with van der Waals surface area (Å²) in [6.07, 6.45) is 0. The Hall–Kier alpha value is -0.750. The minimum Gasteiger partial charge on any atom is -0.497 e. The Balaban J connectivity index is 2.99. The van der Waals surface area contributed by atoms with Gasteiger partial charge in [0.15, 0.2) is 0 Å². The minimum absolute atomic E-state index is 0.843. The van der Waals surface area contributed by atoms with Gasteiger partial charge in [-0.2, -0.15) is 0 Å². The van der Waals surface area contributed by atoms with Crippen molar-refractivity contribution in [3.05, 3.63) is 18.2 Å². The average molecular weight is 170 g/mol. The van der Waals surface area contributed by atoms with Crippen LogP contribution in [0, 0.1) is 0 Å². The van der Waals surface area contributed by atoms with Crippen molar-refractivity contribution in [3.8, 4) is 11.5 Å². The van der Waals surface area contributed by atoms with Gasteiger partial charge in [0.25, 0.3) is 0 Å². The van der Waals surface area contributed by atoms with E-state index >= 15 is 0 Å². The van der Waals surface area contributed by atoms with Gasteiger partial charge in [-0.05, 0) is 18.2 Å². The molecule has 0 bridgehead atoms. The number of rotatable bonds is 2. The Morgan fingerprint density at radius 1 is 1.18 bits per heavy atom. The predicted octanol–water partition coefficient (Wildman–Crippen LogP) is 1.20. The van der Waals surface area contributed by atoms with Crippen molar-refractivity contribution in [2.24, 2.45) is 0 Å². The summed E-state index contributed by atoms with van der Waals surface area (Å²) in [7, 11) is 5.88. The van der Waals surface area contributed by atoms with Crippen molar-refractivity contribution >= 4 is 14.5 Å². The highest BCUT2D eigenvalue weighted by molar-refractivity contribution is 7.27. The summed E-state index contributed by atoms with van der Waals surface area (Å²) in [4.78, 5) is 0. The van der Waals surface area contributed by atoms with Gasteiger partial charge in [-0.1, -0.05) is 0 Å². The zero-order chi connectivity index (χ0) is 8.27. The van der Waals surface area contributed by atoms with Crippen molar-refractivity contribution in [1.82, 2.24) is 0 Å². The molecule has 3 heteroatoms. The first kappa shape index (κ1) is 8.35. The number of benzene rings is 1. The quantitative estimate of drug-likeness (QED) is 0.621. The van der Waals surface area contributed by atoms with E-state index in [0.717, 1.165) is 16.8 Å². The fraction of sp³-hybridized carbons (Fsp3) is 0.250. The minimum atomic E-state index is 0.843. The van der Waals surface area contributed by atoms with Crippen molar-refractivity contribution < 1.29 is 9.47 Å². The van der Waals surface area contributed by atoms with Gasteiger partial charge >= 0.3 is 0 Å². The van der Waals surface area contributed by atoms with Crippen LogP contribution in [0.1, 0.15) is 0 Å². The SMILES string of the molecule is COc1ccc(OC)c(P)c1. The summed E-state index contributed by atoms with van der Waals surface area (Å²) < 4.78 is 10.1. The first-order valence-electron chi connectivity index (χ1n) is 3.25. The smallest absolute Gasteiger partial charge is 0.126 e. The topological polar surface area (TPSA) is 18.5 Å². The molecule has 60 valence electrons. The van der Waals surface area contributed by atoms with Crippen LogP contribution in [0.15, 0.2) is 18.2 Å². The first-order chi connectivity index (χ1) is 5.27. The molecule has 0 amide bonds. The van der Waals surface area contributed by atoms with Gasteiger partial charge in [0, 0.05) is 5.30 Å². The monoisotopic (exact) mass is 170 g/mol. The number of methoxy groups -OCH3 is 2. The van der Waals surface area contributed by atoms with Crippen LogP contribution < -0.4 is 14.8 Å². The third-order valence-electron chi connectivity index (χ3n) is 1.44. The Kier molecular flexibility index (Phi) is 2.72. The second-order valence-electron chi connectivity index (χ2n) is 2.11. The number of ether oxygens (including phenoxy) is 2. The lowest BCUT2D eigenvalue weighted by atomic mass is 10.3. The molecule has 2 nitrogen and oxygen atoms in total. The second-order valence-corrected chi connectivity index (χ2v) is 2.73. The molecule has 1 atom stereocenters. The van der Waals surface area contributed by atoms with E-state index in [-0.39, 0.29) is 0 Å². The molecule has 0 N–H and O–H groups in total. The van der Waals surface area contributed by atoms with Crippen molar-refractivity contribution in [3.63, 3.8) is 0 Å². The van der Waals surface area contributed by atoms with Gasteiger partial charge < -0.3 is 9.47 Å². The summed E-state index contributed by atoms with van der Waals surface area (Å²) in [5.74, 6) is 1.70. The largest absolute Gasteiger partial charge is 0.497 e. The predicted molar refractivity (Wildman–Crippen MR) is 48.9 cm³/mol. The van der Waals surface area contributed by atoms with Gasteiger partial charge in [-0.15, -0.1) is 9.24 Å². The molecule has 1 unspecified atom stereocenters. The maximum atomic E-state index is 5.07. The van der Waals surface area contributed by atoms with Gasteiger partial charge in [0.05, 0.1) is 14.2 Å². The Labute approximate surface area is 68.7 Å². The average Bonchev–Trinajstić information content (AvgIpc) is 2.04. The second kappa shape index (κ2) is 3.59. The third kappa shape index (κ3) is 1.84. The molecular formula is C8H11O2P. The molecule has 0 heterocycles. The molecular weight excluding hydrogens is 159 g/mol. The molecule has 0 saturated heterocycles. The maximum Gasteiger partial charge on any atom is 0.126 e. The van der Waals surface area contributed by atoms with Crippen LogP contribution in [-0.4, -0.2) is 14.2 Å². The summed E-state index contributed by atoms with van der Waals surface area (Å²) in [6, 6.07) is 5.65. The summed E-state index contributed by atoms with van der Waals surface area (Å²) in [6.45, 7) is 0. The molecule has 0 radical (unpaired) electrons. The molecule has 1 rings (SSSR count). The summed E-state index contributed by atoms with van der Waals surface area (Å²) >= 11 is 0. The van der Waals surface area contributed by atoms with Crippen LogP contribution >= 0.6 is 9.24 Å². The van der Waals surface area contributed by atoms with E-state index in [9.17, 15) is 0 Å². The van der Waals surface area contributed by atoms with E-state index in [1.165, 1.54) is 0 Å². The highest BCUT2D eigenvalue weighted by Gasteiger charge is 1.98. The Morgan fingerprint density at radius 3 is 2.36 bits per heavy atom. The lowest BCUT2D eigenvalue weighted by molar-refractivity contribution is 0.406. The highest BCUT2D eigenvalue weighted by Crippen LogP contribution is 2.16. The van der Waals surface area contributed by atoms with Gasteiger partial charge in [0.1, 0.15) is 11.5 Å². The molecule has 11 heavy (non-hydrogen) atoms. The molecule has 0 aliphatic carbocycles. The zero-order valence-electron chi connectivity index (χ0n) is 6.63. The van der Waals surface area contributed by atoms with Crippen molar-refractivity contribution in [2.45, 2.75) is 0 Å². The standard InChI is InChI=1S/C8H11O2P/c1-9-6-3-4-7(10-2)8(11)5-6/h3-5H,11H2,1-2H3. The third-order valence-corrected chi connectivity index (χ3v) is 1.89. The van der Waals surface area contributed by atoms with Crippen molar-refractivity contribution in [2.75, 3.05) is 14.2 Å². The molecule has 0 spiro atoms. The first-order valence-corrected chi connectivity index (χ1v) is 3.83. The number of hydrogen-bond acceptors (Lipinski definition) is 2. The maximum absolute atomic E-state index is 5.07. The highest BCUT2D eigenvalue weighted by atomic mass is 31.0. The van der Waals surface area contributed by atoms with Crippen molar-refractivity contribution in [1.29, 1.82) is 0 Å². The fourth-order valence-corrected chi connectivity index (χ4v) is 1.22. The fourth-order valence-electron chi connectivity index (χ4n) is 0.839. The molecule has 0 fully saturated rings. The normalized spacial score (nSPS) is 9.36. The molecule has 1 aromatic rings. The van der Waals surface area contributed by atoms with Crippen LogP contribution in [-0.2, 0) is 0 Å². The molecule has 0 aliphatic rings. The van der Waals surface area contributed by atoms with Crippen LogP contribution in [0.5, 0.6) is 11.5 Å². The Morgan fingerprint density at radius 2 is 1.91 bits per heavy atom. The van der Waals surface area contributed by atoms with Gasteiger partial charge in [-0.25, -0.2) is 0 Å². The van der Waals surface area contributed by atoms with E-state index in [2.05, 4.69) is 9.24 Å². The van der Waals surface area contributed by atoms with Crippen LogP contribution in [0.4, 0.5) is 0 Å². The lowest BCUT2D eigenvalue weighted by Gasteiger charge is -2.05. The van der Waals surface area contributed by atoms with Crippen LogP contribution in [0.2, 0.25) is 0 Å². The van der Waals surface area contributed by atoms with E-state index in [1.54, 1.807) is 14.2 Å². The van der Waals surface area contributed by atoms with Gasteiger partial charge in [0.2, 0.25) is 0 Å². The molecule has 0 aliphatic heterocycles. The zero-order valence-corrected chi connectivity index (χ0v) is 7.78.